The average molecular weight is 987 g/mol. The summed E-state index contributed by atoms with van der Waals surface area (Å²) in [7, 11) is 2.60. The fraction of sp³-hybridized carbons (Fsp3) is 0.489. The number of alkyl halides is 1. The van der Waals surface area contributed by atoms with Crippen molar-refractivity contribution in [1.82, 2.24) is 40.4 Å². The van der Waals surface area contributed by atoms with Crippen LogP contribution in [-0.2, 0) is 30.4 Å². The minimum atomic E-state index is -0.649. The summed E-state index contributed by atoms with van der Waals surface area (Å²) < 4.78 is 22.3. The van der Waals surface area contributed by atoms with Crippen molar-refractivity contribution in [1.29, 1.82) is 0 Å². The van der Waals surface area contributed by atoms with E-state index in [1.165, 1.54) is 14.2 Å². The SMILES string of the molecule is COC(=O)NCC(C(=O)N1C(c2nc3c(ccc4cc5c(cc43)OCc3cc(-c4cnc([C@@H]6CC[C@@H]7CC(C)[C@H](NC(=O)OC)C(=O)N76)[nH]4)ccc3-5)[nH]2)CC[C@@H]1I)C(C)OC(C)(C)C. The Balaban J connectivity index is 0.958. The second kappa shape index (κ2) is 17.2. The summed E-state index contributed by atoms with van der Waals surface area (Å²) in [6.07, 6.45) is 4.13. The Morgan fingerprint density at radius 1 is 0.969 bits per heavy atom. The number of nitrogens with one attached hydrogen (secondary N) is 4. The van der Waals surface area contributed by atoms with Crippen LogP contribution in [0.3, 0.4) is 0 Å². The van der Waals surface area contributed by atoms with Gasteiger partial charge in [-0.2, -0.15) is 0 Å². The molecule has 338 valence electrons. The molecule has 2 aromatic heterocycles. The minimum absolute atomic E-state index is 0.00228. The van der Waals surface area contributed by atoms with Crippen LogP contribution in [0.15, 0.2) is 48.7 Å². The largest absolute Gasteiger partial charge is 0.488 e. The van der Waals surface area contributed by atoms with Gasteiger partial charge in [0.1, 0.15) is 30.0 Å². The Morgan fingerprint density at radius 3 is 2.52 bits per heavy atom. The fourth-order valence-electron chi connectivity index (χ4n) is 10.2. The normalized spacial score (nSPS) is 23.8. The molecule has 9 rings (SSSR count). The Labute approximate surface area is 385 Å². The molecule has 0 bridgehead atoms. The van der Waals surface area contributed by atoms with Crippen LogP contribution in [0.25, 0.3) is 44.2 Å². The van der Waals surface area contributed by atoms with E-state index in [0.29, 0.717) is 12.4 Å². The van der Waals surface area contributed by atoms with Crippen LogP contribution in [0.4, 0.5) is 9.59 Å². The maximum Gasteiger partial charge on any atom is 0.407 e. The number of aromatic amines is 2. The van der Waals surface area contributed by atoms with E-state index in [1.807, 2.05) is 56.7 Å². The van der Waals surface area contributed by atoms with Gasteiger partial charge in [0.2, 0.25) is 11.8 Å². The van der Waals surface area contributed by atoms with Crippen molar-refractivity contribution < 1.29 is 38.1 Å². The van der Waals surface area contributed by atoms with Gasteiger partial charge in [-0.3, -0.25) is 9.59 Å². The summed E-state index contributed by atoms with van der Waals surface area (Å²) in [5.41, 5.74) is 6.10. The Kier molecular flexibility index (Phi) is 11.8. The van der Waals surface area contributed by atoms with Crippen molar-refractivity contribution in [2.24, 2.45) is 11.8 Å². The molecule has 64 heavy (non-hydrogen) atoms. The zero-order valence-electron chi connectivity index (χ0n) is 37.1. The average Bonchev–Trinajstić information content (AvgIpc) is 4.09. The maximum absolute atomic E-state index is 14.5. The number of hydrogen-bond acceptors (Lipinski definition) is 10. The molecule has 3 aromatic carbocycles. The number of likely N-dealkylation sites (tertiary alicyclic amines) is 1. The van der Waals surface area contributed by atoms with Crippen LogP contribution in [-0.4, -0.2) is 102 Å². The lowest BCUT2D eigenvalue weighted by atomic mass is 9.88. The number of ether oxygens (including phenoxy) is 4. The molecule has 4 unspecified atom stereocenters. The molecule has 0 saturated carbocycles. The number of rotatable bonds is 9. The summed E-state index contributed by atoms with van der Waals surface area (Å²) in [4.78, 5) is 73.2. The number of carbonyl (C=O) groups is 4. The Hall–Kier alpha value is -5.43. The lowest BCUT2D eigenvalue weighted by molar-refractivity contribution is -0.147. The number of alkyl carbamates (subject to hydrolysis) is 2. The van der Waals surface area contributed by atoms with E-state index < -0.39 is 35.9 Å². The number of aromatic nitrogens is 4. The highest BCUT2D eigenvalue weighted by atomic mass is 127. The highest BCUT2D eigenvalue weighted by molar-refractivity contribution is 14.1. The standard InChI is InChI=1S/C47H55IN8O8/c1-23-16-28-10-13-35(55(28)44(58)39(23)54-46(60)62-7)41-49-21-34(52-41)26-8-11-29-27(17-26)22-63-37-19-30-25(18-31(29)37)9-12-33-40(30)53-42(51-33)36-14-15-38(48)56(36)43(57)32(20-50-45(59)61-6)24(2)64-47(3,4)5/h8-9,11-12,17-19,21,23-24,28,32,35-36,38-39H,10,13-16,20,22H2,1-7H3,(H,49,52)(H,50,59)(H,51,53)(H,54,60)/t23?,24?,28-,32?,35+,36?,38-,39+/m1/s1. The van der Waals surface area contributed by atoms with Crippen molar-refractivity contribution in [2.45, 2.75) is 113 Å². The van der Waals surface area contributed by atoms with Gasteiger partial charge in [-0.15, -0.1) is 0 Å². The summed E-state index contributed by atoms with van der Waals surface area (Å²) in [5.74, 6) is 1.35. The van der Waals surface area contributed by atoms with Crippen LogP contribution in [0, 0.1) is 11.8 Å². The second-order valence-corrected chi connectivity index (χ2v) is 19.9. The van der Waals surface area contributed by atoms with Crippen LogP contribution < -0.4 is 15.4 Å². The number of amides is 4. The third kappa shape index (κ3) is 8.13. The van der Waals surface area contributed by atoms with E-state index in [0.717, 1.165) is 93.4 Å². The number of halogens is 1. The van der Waals surface area contributed by atoms with Gasteiger partial charge in [-0.1, -0.05) is 47.7 Å². The summed E-state index contributed by atoms with van der Waals surface area (Å²) in [6, 6.07) is 13.6. The fourth-order valence-corrected chi connectivity index (χ4v) is 11.3. The molecule has 0 spiro atoms. The number of nitrogens with zero attached hydrogens (tertiary/aromatic N) is 4. The van der Waals surface area contributed by atoms with Crippen molar-refractivity contribution in [3.63, 3.8) is 0 Å². The van der Waals surface area contributed by atoms with Gasteiger partial charge in [0.05, 0.1) is 70.9 Å². The first kappa shape index (κ1) is 43.8. The Bertz CT molecular complexity index is 2640. The van der Waals surface area contributed by atoms with Crippen molar-refractivity contribution in [3.8, 4) is 28.1 Å². The second-order valence-electron chi connectivity index (χ2n) is 18.5. The van der Waals surface area contributed by atoms with Crippen LogP contribution in [0.1, 0.15) is 96.0 Å². The molecular weight excluding hydrogens is 931 g/mol. The first-order valence-corrected chi connectivity index (χ1v) is 23.3. The molecule has 8 atom stereocenters. The number of piperidine rings is 1. The zero-order chi connectivity index (χ0) is 45.2. The number of imidazole rings is 2. The molecule has 4 aliphatic rings. The van der Waals surface area contributed by atoms with E-state index >= 15 is 0 Å². The van der Waals surface area contributed by atoms with E-state index in [2.05, 4.69) is 79.6 Å². The zero-order valence-corrected chi connectivity index (χ0v) is 39.3. The lowest BCUT2D eigenvalue weighted by Gasteiger charge is -2.41. The third-order valence-corrected chi connectivity index (χ3v) is 14.5. The molecule has 3 fully saturated rings. The molecule has 0 aliphatic carbocycles. The predicted octanol–water partition coefficient (Wildman–Crippen LogP) is 8.06. The van der Waals surface area contributed by atoms with Gasteiger partial charge >= 0.3 is 12.2 Å². The monoisotopic (exact) mass is 986 g/mol. The molecule has 6 heterocycles. The van der Waals surface area contributed by atoms with Gasteiger partial charge in [0.25, 0.3) is 0 Å². The van der Waals surface area contributed by atoms with Crippen LogP contribution >= 0.6 is 22.6 Å². The van der Waals surface area contributed by atoms with E-state index in [9.17, 15) is 19.2 Å². The molecule has 4 amide bonds. The molecule has 4 N–H and O–H groups in total. The Morgan fingerprint density at radius 2 is 1.75 bits per heavy atom. The summed E-state index contributed by atoms with van der Waals surface area (Å²) in [5, 5.41) is 7.43. The highest BCUT2D eigenvalue weighted by Gasteiger charge is 2.48. The number of fused-ring (bicyclic) bond motifs is 7. The minimum Gasteiger partial charge on any atom is -0.488 e. The number of hydrogen-bond donors (Lipinski definition) is 4. The summed E-state index contributed by atoms with van der Waals surface area (Å²) in [6.45, 7) is 10.2. The van der Waals surface area contributed by atoms with Gasteiger partial charge < -0.3 is 49.3 Å². The number of methoxy groups -OCH3 is 2. The molecule has 4 aliphatic heterocycles. The molecule has 5 aromatic rings. The maximum atomic E-state index is 14.5. The first-order chi connectivity index (χ1) is 30.6. The summed E-state index contributed by atoms with van der Waals surface area (Å²) >= 11 is 2.33. The predicted molar refractivity (Wildman–Crippen MR) is 247 cm³/mol. The quantitative estimate of drug-likeness (QED) is 0.0638. The van der Waals surface area contributed by atoms with E-state index in [4.69, 9.17) is 28.9 Å². The molecule has 3 saturated heterocycles. The van der Waals surface area contributed by atoms with Crippen LogP contribution in [0.5, 0.6) is 5.75 Å². The van der Waals surface area contributed by atoms with Crippen molar-refractivity contribution in [2.75, 3.05) is 20.8 Å². The molecule has 0 radical (unpaired) electrons. The van der Waals surface area contributed by atoms with Gasteiger partial charge in [0, 0.05) is 23.5 Å². The number of carbonyl (C=O) groups excluding carboxylic acids is 4. The van der Waals surface area contributed by atoms with E-state index in [-0.39, 0.29) is 46.5 Å². The molecule has 17 heteroatoms. The topological polar surface area (TPSA) is 193 Å². The third-order valence-electron chi connectivity index (χ3n) is 13.2. The smallest absolute Gasteiger partial charge is 0.407 e. The van der Waals surface area contributed by atoms with E-state index in [1.54, 1.807) is 0 Å². The van der Waals surface area contributed by atoms with Gasteiger partial charge in [-0.25, -0.2) is 19.6 Å². The molecule has 16 nitrogen and oxygen atoms in total. The van der Waals surface area contributed by atoms with Crippen molar-refractivity contribution in [3.05, 3.63) is 65.9 Å². The van der Waals surface area contributed by atoms with Gasteiger partial charge in [0.15, 0.2) is 0 Å². The van der Waals surface area contributed by atoms with Gasteiger partial charge in [-0.05, 0) is 112 Å². The number of H-pyrrole nitrogens is 2. The first-order valence-electron chi connectivity index (χ1n) is 22.0. The lowest BCUT2D eigenvalue weighted by Crippen LogP contribution is -2.58. The van der Waals surface area contributed by atoms with Crippen molar-refractivity contribution >= 4 is 68.4 Å². The molecular formula is C47H55IN8O8. The highest BCUT2D eigenvalue weighted by Crippen LogP contribution is 2.46. The number of benzene rings is 3. The van der Waals surface area contributed by atoms with Crippen LogP contribution in [0.2, 0.25) is 0 Å².